The van der Waals surface area contributed by atoms with Gasteiger partial charge in [-0.15, -0.1) is 5.10 Å². The molecule has 8 nitrogen and oxygen atoms in total. The number of aromatic nitrogens is 3. The number of carboxylic acid groups (broad SMARTS) is 1. The number of hydrogen-bond acceptors (Lipinski definition) is 5. The minimum atomic E-state index is -1.39. The van der Waals surface area contributed by atoms with Crippen LogP contribution in [0, 0.1) is 19.3 Å². The molecule has 0 unspecified atom stereocenters. The molecule has 0 aliphatic carbocycles. The van der Waals surface area contributed by atoms with Crippen LogP contribution in [0.3, 0.4) is 0 Å². The van der Waals surface area contributed by atoms with Gasteiger partial charge in [0, 0.05) is 6.04 Å². The van der Waals surface area contributed by atoms with E-state index in [0.717, 1.165) is 16.7 Å². The fourth-order valence-electron chi connectivity index (χ4n) is 3.66. The fourth-order valence-corrected chi connectivity index (χ4v) is 3.66. The summed E-state index contributed by atoms with van der Waals surface area (Å²) in [7, 11) is 0. The molecule has 0 saturated heterocycles. The topological polar surface area (TPSA) is 128 Å². The quantitative estimate of drug-likeness (QED) is 0.408. The van der Waals surface area contributed by atoms with Gasteiger partial charge in [-0.1, -0.05) is 53.2 Å². The number of aliphatic hydroxyl groups is 1. The molecular weight excluding hydrogens is 408 g/mol. The lowest BCUT2D eigenvalue weighted by molar-refractivity contribution is -0.151. The van der Waals surface area contributed by atoms with Gasteiger partial charge < -0.3 is 15.5 Å². The molecule has 4 N–H and O–H groups in total. The summed E-state index contributed by atoms with van der Waals surface area (Å²) >= 11 is 0. The minimum absolute atomic E-state index is 0.0604. The highest BCUT2D eigenvalue weighted by molar-refractivity contribution is 5.92. The number of aliphatic carboxylic acids is 1. The maximum Gasteiger partial charge on any atom is 0.311 e. The number of carboxylic acids is 1. The largest absolute Gasteiger partial charge is 0.481 e. The van der Waals surface area contributed by atoms with Crippen molar-refractivity contribution in [2.24, 2.45) is 5.41 Å². The number of H-pyrrole nitrogens is 1. The number of aromatic amines is 1. The van der Waals surface area contributed by atoms with E-state index in [1.165, 1.54) is 24.2 Å². The van der Waals surface area contributed by atoms with E-state index in [-0.39, 0.29) is 12.1 Å². The van der Waals surface area contributed by atoms with Gasteiger partial charge in [-0.3, -0.25) is 14.7 Å². The first kappa shape index (κ1) is 23.1. The molecule has 0 spiro atoms. The fraction of sp³-hybridized carbons (Fsp3) is 0.333. The van der Waals surface area contributed by atoms with Crippen molar-refractivity contribution in [3.63, 3.8) is 0 Å². The zero-order valence-electron chi connectivity index (χ0n) is 18.4. The third kappa shape index (κ3) is 5.39. The lowest BCUT2D eigenvalue weighted by Crippen LogP contribution is -2.44. The lowest BCUT2D eigenvalue weighted by Gasteiger charge is -2.28. The molecule has 0 bridgehead atoms. The molecule has 0 saturated carbocycles. The van der Waals surface area contributed by atoms with Gasteiger partial charge in [0.15, 0.2) is 0 Å². The van der Waals surface area contributed by atoms with Crippen molar-refractivity contribution in [3.8, 4) is 11.1 Å². The number of aryl methyl sites for hydroxylation is 2. The lowest BCUT2D eigenvalue weighted by atomic mass is 9.82. The predicted molar refractivity (Wildman–Crippen MR) is 120 cm³/mol. The Morgan fingerprint density at radius 1 is 1.16 bits per heavy atom. The number of benzene rings is 2. The van der Waals surface area contributed by atoms with E-state index >= 15 is 0 Å². The summed E-state index contributed by atoms with van der Waals surface area (Å²) in [6.45, 7) is 5.06. The van der Waals surface area contributed by atoms with Crippen LogP contribution in [0.1, 0.15) is 40.5 Å². The molecule has 0 aliphatic rings. The molecule has 1 heterocycles. The van der Waals surface area contributed by atoms with Gasteiger partial charge in [-0.05, 0) is 55.9 Å². The van der Waals surface area contributed by atoms with Crippen molar-refractivity contribution >= 4 is 11.9 Å². The smallest absolute Gasteiger partial charge is 0.311 e. The molecule has 2 atom stereocenters. The number of carbonyl (C=O) groups excluding carboxylic acids is 1. The van der Waals surface area contributed by atoms with Crippen LogP contribution < -0.4 is 5.32 Å². The van der Waals surface area contributed by atoms with E-state index in [1.54, 1.807) is 0 Å². The second-order valence-corrected chi connectivity index (χ2v) is 8.49. The van der Waals surface area contributed by atoms with Crippen molar-refractivity contribution < 1.29 is 19.8 Å². The number of carbonyl (C=O) groups is 2. The molecule has 2 aromatic carbocycles. The molecule has 3 rings (SSSR count). The number of nitrogens with zero attached hydrogens (tertiary/aromatic N) is 2. The Hall–Kier alpha value is -3.52. The van der Waals surface area contributed by atoms with E-state index in [1.807, 2.05) is 24.3 Å². The molecule has 0 fully saturated rings. The highest BCUT2D eigenvalue weighted by Crippen LogP contribution is 2.27. The second kappa shape index (κ2) is 9.74. The van der Waals surface area contributed by atoms with Gasteiger partial charge in [0.05, 0.1) is 18.2 Å². The summed E-state index contributed by atoms with van der Waals surface area (Å²) in [4.78, 5) is 24.2. The molecule has 1 aromatic heterocycles. The zero-order valence-corrected chi connectivity index (χ0v) is 18.4. The average Bonchev–Trinajstić information content (AvgIpc) is 3.31. The molecule has 1 amide bonds. The SMILES string of the molecule is Cc1ccc(C)c(-c2ccc(C[C@H](C[C@@](C)(CO)C(=O)O)NC(=O)c3cnn[nH]3)cc2)c1. The second-order valence-electron chi connectivity index (χ2n) is 8.49. The Morgan fingerprint density at radius 2 is 1.88 bits per heavy atom. The van der Waals surface area contributed by atoms with Crippen LogP contribution in [0.15, 0.2) is 48.7 Å². The maximum atomic E-state index is 12.5. The van der Waals surface area contributed by atoms with E-state index < -0.39 is 29.9 Å². The molecule has 3 aromatic rings. The van der Waals surface area contributed by atoms with E-state index in [4.69, 9.17) is 0 Å². The molecule has 8 heteroatoms. The molecule has 32 heavy (non-hydrogen) atoms. The Bertz CT molecular complexity index is 1080. The zero-order chi connectivity index (χ0) is 23.3. The van der Waals surface area contributed by atoms with E-state index in [9.17, 15) is 19.8 Å². The number of rotatable bonds is 9. The molecule has 0 radical (unpaired) electrons. The van der Waals surface area contributed by atoms with Crippen LogP contribution in [-0.2, 0) is 11.2 Å². The van der Waals surface area contributed by atoms with Gasteiger partial charge in [0.25, 0.3) is 5.91 Å². The summed E-state index contributed by atoms with van der Waals surface area (Å²) in [5, 5.41) is 31.8. The maximum absolute atomic E-state index is 12.5. The normalized spacial score (nSPS) is 13.9. The Kier molecular flexibility index (Phi) is 7.05. The van der Waals surface area contributed by atoms with Gasteiger partial charge in [-0.2, -0.15) is 0 Å². The first-order valence-corrected chi connectivity index (χ1v) is 10.4. The summed E-state index contributed by atoms with van der Waals surface area (Å²) < 4.78 is 0. The van der Waals surface area contributed by atoms with Crippen LogP contribution in [0.2, 0.25) is 0 Å². The Morgan fingerprint density at radius 3 is 2.47 bits per heavy atom. The molecular formula is C24H28N4O4. The van der Waals surface area contributed by atoms with Crippen molar-refractivity contribution in [2.45, 2.75) is 39.7 Å². The van der Waals surface area contributed by atoms with E-state index in [0.29, 0.717) is 6.42 Å². The Labute approximate surface area is 186 Å². The highest BCUT2D eigenvalue weighted by atomic mass is 16.4. The van der Waals surface area contributed by atoms with Crippen molar-refractivity contribution in [1.29, 1.82) is 0 Å². The van der Waals surface area contributed by atoms with Crippen LogP contribution in [0.4, 0.5) is 0 Å². The average molecular weight is 437 g/mol. The van der Waals surface area contributed by atoms with Crippen LogP contribution >= 0.6 is 0 Å². The third-order valence-corrected chi connectivity index (χ3v) is 5.70. The van der Waals surface area contributed by atoms with Crippen molar-refractivity contribution in [2.75, 3.05) is 6.61 Å². The van der Waals surface area contributed by atoms with Crippen LogP contribution in [0.5, 0.6) is 0 Å². The van der Waals surface area contributed by atoms with Gasteiger partial charge in [0.2, 0.25) is 0 Å². The van der Waals surface area contributed by atoms with Gasteiger partial charge >= 0.3 is 5.97 Å². The number of nitrogens with one attached hydrogen (secondary N) is 2. The van der Waals surface area contributed by atoms with E-state index in [2.05, 4.69) is 52.8 Å². The summed E-state index contributed by atoms with van der Waals surface area (Å²) in [5.74, 6) is -1.55. The number of aliphatic hydroxyl groups excluding tert-OH is 1. The third-order valence-electron chi connectivity index (χ3n) is 5.70. The Balaban J connectivity index is 1.82. The van der Waals surface area contributed by atoms with Crippen molar-refractivity contribution in [1.82, 2.24) is 20.7 Å². The standard InChI is InChI=1S/C24H28N4O4/c1-15-4-5-16(2)20(10-15)18-8-6-17(7-9-18)11-19(12-24(3,14-29)23(31)32)26-22(30)21-13-25-28-27-21/h4-10,13,19,29H,11-12,14H2,1-3H3,(H,26,30)(H,31,32)(H,25,27,28)/t19-,24+/m1/s1. The summed E-state index contributed by atoms with van der Waals surface area (Å²) in [6, 6.07) is 13.8. The molecule has 0 aliphatic heterocycles. The summed E-state index contributed by atoms with van der Waals surface area (Å²) in [6.07, 6.45) is 1.77. The first-order chi connectivity index (χ1) is 15.2. The first-order valence-electron chi connectivity index (χ1n) is 10.4. The van der Waals surface area contributed by atoms with Gasteiger partial charge in [0.1, 0.15) is 5.69 Å². The highest BCUT2D eigenvalue weighted by Gasteiger charge is 2.36. The predicted octanol–water partition coefficient (Wildman–Crippen LogP) is 2.90. The minimum Gasteiger partial charge on any atom is -0.481 e. The van der Waals surface area contributed by atoms with Gasteiger partial charge in [-0.25, -0.2) is 0 Å². The van der Waals surface area contributed by atoms with Crippen LogP contribution in [0.25, 0.3) is 11.1 Å². The van der Waals surface area contributed by atoms with Crippen LogP contribution in [-0.4, -0.2) is 50.1 Å². The number of hydrogen-bond donors (Lipinski definition) is 4. The van der Waals surface area contributed by atoms with Crippen molar-refractivity contribution in [3.05, 3.63) is 71.0 Å². The monoisotopic (exact) mass is 436 g/mol. The summed E-state index contributed by atoms with van der Waals surface area (Å²) in [5.41, 5.74) is 4.35. The molecule has 168 valence electrons. The number of amides is 1.